The molecular weight excluding hydrogens is 346 g/mol. The van der Waals surface area contributed by atoms with Crippen LogP contribution in [0.3, 0.4) is 0 Å². The monoisotopic (exact) mass is 371 g/mol. The van der Waals surface area contributed by atoms with Crippen molar-refractivity contribution in [3.8, 4) is 0 Å². The van der Waals surface area contributed by atoms with E-state index in [4.69, 9.17) is 0 Å². The third-order valence-electron chi connectivity index (χ3n) is 4.88. The van der Waals surface area contributed by atoms with Crippen LogP contribution in [0.1, 0.15) is 35.7 Å². The molecule has 2 aliphatic heterocycles. The fourth-order valence-electron chi connectivity index (χ4n) is 3.22. The van der Waals surface area contributed by atoms with Gasteiger partial charge in [-0.1, -0.05) is 43.2 Å². The molecule has 0 radical (unpaired) electrons. The molecule has 1 aromatic rings. The Morgan fingerprint density at radius 1 is 1.22 bits per heavy atom. The molecule has 2 atom stereocenters. The topological polar surface area (TPSA) is 94.1 Å². The Balaban J connectivity index is 1.86. The SMILES string of the molecule is CCCCN=C1NC2C(C(=O)NC(=O)N2C)N1CC(=O)c1ccc(C)cc1. The van der Waals surface area contributed by atoms with Crippen molar-refractivity contribution in [2.45, 2.75) is 38.9 Å². The van der Waals surface area contributed by atoms with Gasteiger partial charge in [-0.25, -0.2) is 4.79 Å². The number of hydrogen-bond donors (Lipinski definition) is 2. The Labute approximate surface area is 158 Å². The standard InChI is InChI=1S/C19H25N5O3/c1-4-5-10-20-18-21-16-15(17(26)22-19(27)23(16)3)24(18)11-14(25)13-8-6-12(2)7-9-13/h6-9,15-16H,4-5,10-11H2,1-3H3,(H,20,21)(H,22,26,27). The summed E-state index contributed by atoms with van der Waals surface area (Å²) in [5.74, 6) is -0.0448. The predicted molar refractivity (Wildman–Crippen MR) is 101 cm³/mol. The molecule has 2 fully saturated rings. The number of carbonyl (C=O) groups excluding carboxylic acids is 3. The molecule has 0 aromatic heterocycles. The maximum atomic E-state index is 12.8. The van der Waals surface area contributed by atoms with E-state index >= 15 is 0 Å². The van der Waals surface area contributed by atoms with E-state index in [9.17, 15) is 14.4 Å². The summed E-state index contributed by atoms with van der Waals surface area (Å²) in [6, 6.07) is 6.17. The van der Waals surface area contributed by atoms with E-state index < -0.39 is 24.1 Å². The number of aryl methyl sites for hydroxylation is 1. The normalized spacial score (nSPS) is 23.3. The van der Waals surface area contributed by atoms with Crippen LogP contribution in [-0.4, -0.2) is 65.8 Å². The summed E-state index contributed by atoms with van der Waals surface area (Å²) in [5, 5.41) is 5.49. The number of aliphatic imine (C=N–C) groups is 1. The molecular formula is C19H25N5O3. The first-order chi connectivity index (χ1) is 12.9. The van der Waals surface area contributed by atoms with Crippen LogP contribution in [0.2, 0.25) is 0 Å². The first-order valence-electron chi connectivity index (χ1n) is 9.17. The number of unbranched alkanes of at least 4 members (excludes halogenated alkanes) is 1. The maximum Gasteiger partial charge on any atom is 0.325 e. The molecule has 2 unspecified atom stereocenters. The van der Waals surface area contributed by atoms with Crippen LogP contribution in [0.25, 0.3) is 0 Å². The fraction of sp³-hybridized carbons (Fsp3) is 0.474. The molecule has 27 heavy (non-hydrogen) atoms. The minimum Gasteiger partial charge on any atom is -0.333 e. The number of nitrogens with zero attached hydrogens (tertiary/aromatic N) is 3. The number of nitrogens with one attached hydrogen (secondary N) is 2. The highest BCUT2D eigenvalue weighted by molar-refractivity contribution is 6.06. The lowest BCUT2D eigenvalue weighted by Gasteiger charge is -2.35. The van der Waals surface area contributed by atoms with Crippen LogP contribution in [0, 0.1) is 6.92 Å². The van der Waals surface area contributed by atoms with Gasteiger partial charge in [-0.2, -0.15) is 0 Å². The molecule has 3 rings (SSSR count). The number of likely N-dealkylation sites (N-methyl/N-ethyl adjacent to an activating group) is 1. The van der Waals surface area contributed by atoms with Gasteiger partial charge in [0.2, 0.25) is 0 Å². The van der Waals surface area contributed by atoms with Gasteiger partial charge in [-0.3, -0.25) is 19.9 Å². The molecule has 0 saturated carbocycles. The molecule has 2 heterocycles. The van der Waals surface area contributed by atoms with E-state index in [0.29, 0.717) is 18.1 Å². The van der Waals surface area contributed by atoms with Crippen molar-refractivity contribution in [1.82, 2.24) is 20.4 Å². The second kappa shape index (κ2) is 7.77. The van der Waals surface area contributed by atoms with Crippen molar-refractivity contribution in [2.75, 3.05) is 20.1 Å². The number of fused-ring (bicyclic) bond motifs is 1. The largest absolute Gasteiger partial charge is 0.333 e. The highest BCUT2D eigenvalue weighted by Crippen LogP contribution is 2.21. The second-order valence-corrected chi connectivity index (χ2v) is 6.92. The Bertz CT molecular complexity index is 774. The average molecular weight is 371 g/mol. The van der Waals surface area contributed by atoms with Gasteiger partial charge in [0.1, 0.15) is 6.17 Å². The lowest BCUT2D eigenvalue weighted by Crippen LogP contribution is -2.65. The number of urea groups is 1. The molecule has 3 amide bonds. The van der Waals surface area contributed by atoms with E-state index in [0.717, 1.165) is 18.4 Å². The minimum absolute atomic E-state index is 0.0115. The first kappa shape index (κ1) is 18.9. The molecule has 8 heteroatoms. The minimum atomic E-state index is -0.692. The van der Waals surface area contributed by atoms with Crippen molar-refractivity contribution < 1.29 is 14.4 Å². The number of carbonyl (C=O) groups is 3. The predicted octanol–water partition coefficient (Wildman–Crippen LogP) is 1.12. The van der Waals surface area contributed by atoms with Crippen molar-refractivity contribution in [1.29, 1.82) is 0 Å². The highest BCUT2D eigenvalue weighted by Gasteiger charge is 2.50. The van der Waals surface area contributed by atoms with Gasteiger partial charge in [0.25, 0.3) is 5.91 Å². The average Bonchev–Trinajstić information content (AvgIpc) is 2.99. The van der Waals surface area contributed by atoms with Gasteiger partial charge in [-0.15, -0.1) is 0 Å². The van der Waals surface area contributed by atoms with Crippen LogP contribution >= 0.6 is 0 Å². The van der Waals surface area contributed by atoms with Gasteiger partial charge in [0, 0.05) is 19.2 Å². The van der Waals surface area contributed by atoms with Crippen LogP contribution in [0.4, 0.5) is 4.79 Å². The molecule has 2 aliphatic rings. The van der Waals surface area contributed by atoms with Crippen molar-refractivity contribution in [2.24, 2.45) is 4.99 Å². The molecule has 2 saturated heterocycles. The Morgan fingerprint density at radius 3 is 2.59 bits per heavy atom. The zero-order valence-electron chi connectivity index (χ0n) is 15.9. The van der Waals surface area contributed by atoms with Gasteiger partial charge in [-0.05, 0) is 13.3 Å². The third kappa shape index (κ3) is 3.79. The number of rotatable bonds is 6. The summed E-state index contributed by atoms with van der Waals surface area (Å²) in [5.41, 5.74) is 1.65. The number of hydrogen-bond acceptors (Lipinski definition) is 4. The summed E-state index contributed by atoms with van der Waals surface area (Å²) in [6.45, 7) is 4.63. The zero-order valence-corrected chi connectivity index (χ0v) is 15.9. The maximum absolute atomic E-state index is 12.8. The molecule has 0 aliphatic carbocycles. The molecule has 0 spiro atoms. The summed E-state index contributed by atoms with van der Waals surface area (Å²) < 4.78 is 0. The number of guanidine groups is 1. The van der Waals surface area contributed by atoms with Crippen LogP contribution in [0.15, 0.2) is 29.3 Å². The van der Waals surface area contributed by atoms with Crippen LogP contribution in [0.5, 0.6) is 0 Å². The van der Waals surface area contributed by atoms with Gasteiger partial charge in [0.05, 0.1) is 6.54 Å². The third-order valence-corrected chi connectivity index (χ3v) is 4.88. The van der Waals surface area contributed by atoms with Gasteiger partial charge < -0.3 is 15.1 Å². The number of ketones is 1. The Kier molecular flexibility index (Phi) is 5.43. The molecule has 1 aromatic carbocycles. The van der Waals surface area contributed by atoms with E-state index in [1.165, 1.54) is 4.90 Å². The second-order valence-electron chi connectivity index (χ2n) is 6.92. The van der Waals surface area contributed by atoms with E-state index in [2.05, 4.69) is 22.5 Å². The summed E-state index contributed by atoms with van der Waals surface area (Å²) in [6.07, 6.45) is 1.35. The Hall–Kier alpha value is -2.90. The molecule has 2 N–H and O–H groups in total. The quantitative estimate of drug-likeness (QED) is 0.577. The van der Waals surface area contributed by atoms with E-state index in [-0.39, 0.29) is 12.3 Å². The van der Waals surface area contributed by atoms with Gasteiger partial charge >= 0.3 is 6.03 Å². The molecule has 8 nitrogen and oxygen atoms in total. The molecule has 0 bridgehead atoms. The summed E-state index contributed by atoms with van der Waals surface area (Å²) in [7, 11) is 1.61. The summed E-state index contributed by atoms with van der Waals surface area (Å²) >= 11 is 0. The van der Waals surface area contributed by atoms with Crippen LogP contribution < -0.4 is 10.6 Å². The van der Waals surface area contributed by atoms with E-state index in [1.54, 1.807) is 24.1 Å². The van der Waals surface area contributed by atoms with E-state index in [1.807, 2.05) is 19.1 Å². The number of Topliss-reactive ketones (excluding diaryl/α,β-unsaturated/α-hetero) is 1. The molecule has 144 valence electrons. The van der Waals surface area contributed by atoms with Gasteiger partial charge in [0.15, 0.2) is 17.8 Å². The fourth-order valence-corrected chi connectivity index (χ4v) is 3.22. The smallest absolute Gasteiger partial charge is 0.325 e. The lowest BCUT2D eigenvalue weighted by molar-refractivity contribution is -0.126. The first-order valence-corrected chi connectivity index (χ1v) is 9.17. The highest BCUT2D eigenvalue weighted by atomic mass is 16.2. The van der Waals surface area contributed by atoms with Crippen molar-refractivity contribution in [3.05, 3.63) is 35.4 Å². The number of benzene rings is 1. The summed E-state index contributed by atoms with van der Waals surface area (Å²) in [4.78, 5) is 44.8. The lowest BCUT2D eigenvalue weighted by atomic mass is 10.1. The van der Waals surface area contributed by atoms with Crippen molar-refractivity contribution >= 4 is 23.7 Å². The number of amides is 3. The zero-order chi connectivity index (χ0) is 19.6. The van der Waals surface area contributed by atoms with Crippen LogP contribution in [-0.2, 0) is 4.79 Å². The number of imide groups is 1. The Morgan fingerprint density at radius 2 is 1.93 bits per heavy atom. The van der Waals surface area contributed by atoms with Crippen molar-refractivity contribution in [3.63, 3.8) is 0 Å².